The summed E-state index contributed by atoms with van der Waals surface area (Å²) in [5, 5.41) is 22.0. The number of nitrogens with one attached hydrogen (secondary N) is 1. The topological polar surface area (TPSA) is 103 Å². The molecule has 8 nitrogen and oxygen atoms in total. The lowest BCUT2D eigenvalue weighted by Gasteiger charge is -2.08. The summed E-state index contributed by atoms with van der Waals surface area (Å²) in [7, 11) is 0. The minimum absolute atomic E-state index is 0.121. The molecule has 0 saturated carbocycles. The number of benzene rings is 1. The summed E-state index contributed by atoms with van der Waals surface area (Å²) in [6.45, 7) is 2.95. The van der Waals surface area contributed by atoms with Gasteiger partial charge >= 0.3 is 0 Å². The molecule has 134 valence electrons. The molecule has 1 aromatic heterocycles. The van der Waals surface area contributed by atoms with Gasteiger partial charge in [0.05, 0.1) is 21.4 Å². The van der Waals surface area contributed by atoms with Crippen LogP contribution in [0.15, 0.2) is 29.7 Å². The van der Waals surface area contributed by atoms with E-state index >= 15 is 0 Å². The van der Waals surface area contributed by atoms with Gasteiger partial charge < -0.3 is 9.88 Å². The molecular weight excluding hydrogens is 366 g/mol. The Morgan fingerprint density at radius 1 is 1.44 bits per heavy atom. The van der Waals surface area contributed by atoms with Crippen molar-refractivity contribution in [1.29, 1.82) is 0 Å². The van der Waals surface area contributed by atoms with Crippen LogP contribution < -0.4 is 5.32 Å². The van der Waals surface area contributed by atoms with Crippen LogP contribution in [0.1, 0.15) is 26.2 Å². The van der Waals surface area contributed by atoms with Crippen LogP contribution in [0.4, 0.5) is 11.4 Å². The molecule has 25 heavy (non-hydrogen) atoms. The number of thioether (sulfide) groups is 1. The first-order valence-electron chi connectivity index (χ1n) is 7.75. The number of carbonyl (C=O) groups is 1. The van der Waals surface area contributed by atoms with Crippen LogP contribution in [-0.2, 0) is 11.3 Å². The zero-order valence-corrected chi connectivity index (χ0v) is 15.2. The first kappa shape index (κ1) is 19.2. The Balaban J connectivity index is 1.89. The summed E-state index contributed by atoms with van der Waals surface area (Å²) < 4.78 is 1.92. The minimum Gasteiger partial charge on any atom is -0.324 e. The van der Waals surface area contributed by atoms with E-state index < -0.39 is 4.92 Å². The van der Waals surface area contributed by atoms with Crippen LogP contribution in [0.3, 0.4) is 0 Å². The molecular formula is C15H18ClN5O3S. The lowest BCUT2D eigenvalue weighted by atomic mass is 10.2. The van der Waals surface area contributed by atoms with Gasteiger partial charge in [0.15, 0.2) is 5.16 Å². The number of rotatable bonds is 9. The summed E-state index contributed by atoms with van der Waals surface area (Å²) in [6.07, 6.45) is 4.94. The van der Waals surface area contributed by atoms with Gasteiger partial charge in [-0.05, 0) is 12.5 Å². The lowest BCUT2D eigenvalue weighted by Crippen LogP contribution is -2.15. The summed E-state index contributed by atoms with van der Waals surface area (Å²) in [6, 6.07) is 3.91. The summed E-state index contributed by atoms with van der Waals surface area (Å²) in [5.74, 6) is -0.136. The highest BCUT2D eigenvalue weighted by atomic mass is 35.5. The molecule has 0 unspecified atom stereocenters. The summed E-state index contributed by atoms with van der Waals surface area (Å²) in [5.41, 5.74) is 0.208. The van der Waals surface area contributed by atoms with Gasteiger partial charge in [-0.2, -0.15) is 0 Å². The van der Waals surface area contributed by atoms with Crippen LogP contribution in [0.2, 0.25) is 5.02 Å². The van der Waals surface area contributed by atoms with Gasteiger partial charge in [0, 0.05) is 18.7 Å². The molecule has 0 spiro atoms. The fourth-order valence-electron chi connectivity index (χ4n) is 2.08. The second kappa shape index (κ2) is 9.38. The molecule has 1 amide bonds. The van der Waals surface area contributed by atoms with Crippen LogP contribution in [0, 0.1) is 10.1 Å². The fraction of sp³-hybridized carbons (Fsp3) is 0.400. The van der Waals surface area contributed by atoms with E-state index in [1.165, 1.54) is 30.0 Å². The van der Waals surface area contributed by atoms with Gasteiger partial charge in [-0.1, -0.05) is 43.1 Å². The Kier molecular flexibility index (Phi) is 7.20. The summed E-state index contributed by atoms with van der Waals surface area (Å²) in [4.78, 5) is 22.2. The number of halogens is 1. The molecule has 2 aromatic rings. The van der Waals surface area contributed by atoms with E-state index in [1.807, 2.05) is 4.57 Å². The number of unbranched alkanes of at least 4 members (excludes halogenated alkanes) is 2. The monoisotopic (exact) mass is 383 g/mol. The van der Waals surface area contributed by atoms with E-state index in [2.05, 4.69) is 22.4 Å². The van der Waals surface area contributed by atoms with Crippen molar-refractivity contribution >= 4 is 40.6 Å². The molecule has 0 aliphatic carbocycles. The van der Waals surface area contributed by atoms with Gasteiger partial charge in [0.2, 0.25) is 5.91 Å². The van der Waals surface area contributed by atoms with Crippen LogP contribution in [0.5, 0.6) is 0 Å². The van der Waals surface area contributed by atoms with Crippen LogP contribution in [-0.4, -0.2) is 31.3 Å². The van der Waals surface area contributed by atoms with Crippen LogP contribution >= 0.6 is 23.4 Å². The minimum atomic E-state index is -0.543. The third kappa shape index (κ3) is 5.71. The molecule has 0 aliphatic heterocycles. The van der Waals surface area contributed by atoms with E-state index in [0.717, 1.165) is 25.8 Å². The number of amides is 1. The third-order valence-corrected chi connectivity index (χ3v) is 4.65. The van der Waals surface area contributed by atoms with E-state index in [4.69, 9.17) is 11.6 Å². The Morgan fingerprint density at radius 2 is 2.24 bits per heavy atom. The van der Waals surface area contributed by atoms with Crippen molar-refractivity contribution in [1.82, 2.24) is 14.8 Å². The average molecular weight is 384 g/mol. The van der Waals surface area contributed by atoms with Crippen molar-refractivity contribution in [2.75, 3.05) is 11.1 Å². The van der Waals surface area contributed by atoms with Gasteiger partial charge in [-0.3, -0.25) is 14.9 Å². The molecule has 0 aliphatic rings. The molecule has 0 bridgehead atoms. The van der Waals surface area contributed by atoms with E-state index in [9.17, 15) is 14.9 Å². The highest BCUT2D eigenvalue weighted by Gasteiger charge is 2.13. The van der Waals surface area contributed by atoms with Crippen molar-refractivity contribution in [2.24, 2.45) is 0 Å². The van der Waals surface area contributed by atoms with Gasteiger partial charge in [0.25, 0.3) is 5.69 Å². The Bertz CT molecular complexity index is 753. The first-order valence-corrected chi connectivity index (χ1v) is 9.12. The van der Waals surface area contributed by atoms with Gasteiger partial charge in [0.1, 0.15) is 6.33 Å². The number of nitro groups is 1. The van der Waals surface area contributed by atoms with Crippen LogP contribution in [0.25, 0.3) is 0 Å². The molecule has 0 radical (unpaired) electrons. The largest absolute Gasteiger partial charge is 0.324 e. The molecule has 0 fully saturated rings. The first-order chi connectivity index (χ1) is 12.0. The normalized spacial score (nSPS) is 10.6. The molecule has 1 heterocycles. The van der Waals surface area contributed by atoms with Gasteiger partial charge in [-0.25, -0.2) is 0 Å². The van der Waals surface area contributed by atoms with E-state index in [-0.39, 0.29) is 22.4 Å². The number of carbonyl (C=O) groups excluding carboxylic acids is 1. The lowest BCUT2D eigenvalue weighted by molar-refractivity contribution is -0.384. The SMILES string of the molecule is CCCCCn1cnnc1SCC(=O)Nc1ccc([N+](=O)[O-])cc1Cl. The molecule has 1 aromatic carbocycles. The van der Waals surface area contributed by atoms with Crippen molar-refractivity contribution in [3.63, 3.8) is 0 Å². The molecule has 2 rings (SSSR count). The maximum absolute atomic E-state index is 12.1. The standard InChI is InChI=1S/C15H18ClN5O3S/c1-2-3-4-7-20-10-17-19-15(20)25-9-14(22)18-13-6-5-11(21(23)24)8-12(13)16/h5-6,8,10H,2-4,7,9H2,1H3,(H,18,22). The van der Waals surface area contributed by atoms with E-state index in [0.29, 0.717) is 10.8 Å². The second-order valence-corrected chi connectivity index (χ2v) is 6.62. The van der Waals surface area contributed by atoms with Crippen molar-refractivity contribution < 1.29 is 9.72 Å². The smallest absolute Gasteiger partial charge is 0.271 e. The maximum Gasteiger partial charge on any atom is 0.271 e. The van der Waals surface area contributed by atoms with Crippen molar-refractivity contribution in [3.05, 3.63) is 39.7 Å². The third-order valence-electron chi connectivity index (χ3n) is 3.35. The zero-order chi connectivity index (χ0) is 18.2. The molecule has 1 N–H and O–H groups in total. The predicted molar refractivity (Wildman–Crippen MR) is 97.0 cm³/mol. The number of anilines is 1. The highest BCUT2D eigenvalue weighted by molar-refractivity contribution is 7.99. The number of aryl methyl sites for hydroxylation is 1. The Morgan fingerprint density at radius 3 is 2.92 bits per heavy atom. The number of aromatic nitrogens is 3. The van der Waals surface area contributed by atoms with Crippen molar-refractivity contribution in [3.8, 4) is 0 Å². The number of hydrogen-bond acceptors (Lipinski definition) is 6. The number of non-ortho nitro benzene ring substituents is 1. The van der Waals surface area contributed by atoms with E-state index in [1.54, 1.807) is 6.33 Å². The molecule has 10 heteroatoms. The fourth-order valence-corrected chi connectivity index (χ4v) is 3.04. The Hall–Kier alpha value is -2.13. The predicted octanol–water partition coefficient (Wildman–Crippen LogP) is 3.76. The van der Waals surface area contributed by atoms with Crippen molar-refractivity contribution in [2.45, 2.75) is 37.9 Å². The number of nitrogens with zero attached hydrogens (tertiary/aromatic N) is 4. The number of nitro benzene ring substituents is 1. The summed E-state index contributed by atoms with van der Waals surface area (Å²) >= 11 is 7.24. The second-order valence-electron chi connectivity index (χ2n) is 5.27. The zero-order valence-electron chi connectivity index (χ0n) is 13.6. The molecule has 0 saturated heterocycles. The Labute approximate surface area is 154 Å². The highest BCUT2D eigenvalue weighted by Crippen LogP contribution is 2.27. The van der Waals surface area contributed by atoms with Gasteiger partial charge in [-0.15, -0.1) is 10.2 Å². The number of hydrogen-bond donors (Lipinski definition) is 1. The maximum atomic E-state index is 12.1. The quantitative estimate of drug-likeness (QED) is 0.306. The molecule has 0 atom stereocenters. The average Bonchev–Trinajstić information content (AvgIpc) is 3.02.